The van der Waals surface area contributed by atoms with E-state index in [9.17, 15) is 18.0 Å². The van der Waals surface area contributed by atoms with Crippen LogP contribution in [-0.2, 0) is 22.3 Å². The van der Waals surface area contributed by atoms with E-state index < -0.39 is 11.7 Å². The molecule has 3 aliphatic rings. The highest BCUT2D eigenvalue weighted by Gasteiger charge is 2.58. The van der Waals surface area contributed by atoms with E-state index in [2.05, 4.69) is 12.2 Å². The summed E-state index contributed by atoms with van der Waals surface area (Å²) in [4.78, 5) is 12.4. The molecule has 202 valence electrons. The number of methoxy groups -OCH3 is 1. The highest BCUT2D eigenvalue weighted by atomic mass is 19.4. The molecule has 3 fully saturated rings. The maximum atomic E-state index is 14.2. The van der Waals surface area contributed by atoms with Gasteiger partial charge in [0.25, 0.3) is 0 Å². The van der Waals surface area contributed by atoms with Crippen LogP contribution in [0.2, 0.25) is 0 Å². The predicted octanol–water partition coefficient (Wildman–Crippen LogP) is 7.42. The molecule has 2 aromatic carbocycles. The van der Waals surface area contributed by atoms with Gasteiger partial charge in [-0.2, -0.15) is 13.2 Å². The summed E-state index contributed by atoms with van der Waals surface area (Å²) in [6, 6.07) is 8.65. The number of fused-ring (bicyclic) bond motifs is 1. The van der Waals surface area contributed by atoms with Gasteiger partial charge in [-0.15, -0.1) is 0 Å². The van der Waals surface area contributed by atoms with E-state index in [-0.39, 0.29) is 40.6 Å². The van der Waals surface area contributed by atoms with Gasteiger partial charge in [-0.1, -0.05) is 44.4 Å². The van der Waals surface area contributed by atoms with Crippen LogP contribution < -0.4 is 10.1 Å². The Balaban J connectivity index is 1.33. The van der Waals surface area contributed by atoms with Crippen molar-refractivity contribution in [3.63, 3.8) is 0 Å². The second kappa shape index (κ2) is 10.5. The molecule has 0 radical (unpaired) electrons. The molecule has 7 heteroatoms. The zero-order chi connectivity index (χ0) is 26.2. The van der Waals surface area contributed by atoms with Crippen LogP contribution in [0, 0.1) is 17.3 Å². The molecule has 1 N–H and O–H groups in total. The molecule has 0 amide bonds. The van der Waals surface area contributed by atoms with Crippen LogP contribution in [0.15, 0.2) is 30.3 Å². The van der Waals surface area contributed by atoms with Crippen molar-refractivity contribution >= 4 is 16.7 Å². The van der Waals surface area contributed by atoms with E-state index in [0.29, 0.717) is 17.8 Å². The summed E-state index contributed by atoms with van der Waals surface area (Å²) in [6.45, 7) is 2.73. The number of ether oxygens (including phenoxy) is 2. The molecule has 0 aromatic heterocycles. The number of alkyl halides is 3. The standard InChI is InChI=1S/C30H38F3NO3/c1-19-6-10-22(11-7-19)37-25-13-9-21-16-20(8-12-23(21)27(25)30(31,32)33)18-34-26-17-24(28(35)36-2)29(26)14-4-3-5-15-29/h8-9,12-13,16,19,22,24,26,34H,3-7,10-11,14-15,17-18H2,1-2H3. The molecular weight excluding hydrogens is 479 g/mol. The Kier molecular flexibility index (Phi) is 7.45. The van der Waals surface area contributed by atoms with Gasteiger partial charge in [0.05, 0.1) is 19.1 Å². The summed E-state index contributed by atoms with van der Waals surface area (Å²) in [5, 5.41) is 4.37. The Bertz CT molecular complexity index is 1120. The SMILES string of the molecule is COC(=O)C1CC(NCc2ccc3c(C(F)(F)F)c(OC4CCC(C)CC4)ccc3c2)C12CCCCC2. The van der Waals surface area contributed by atoms with Crippen molar-refractivity contribution in [2.75, 3.05) is 7.11 Å². The van der Waals surface area contributed by atoms with Crippen LogP contribution in [-0.4, -0.2) is 25.2 Å². The number of nitrogens with one attached hydrogen (secondary N) is 1. The number of esters is 1. The molecule has 3 aliphatic carbocycles. The zero-order valence-corrected chi connectivity index (χ0v) is 21.8. The molecule has 2 unspecified atom stereocenters. The lowest BCUT2D eigenvalue weighted by atomic mass is 9.50. The minimum absolute atomic E-state index is 0.0607. The normalized spacial score (nSPS) is 27.6. The lowest BCUT2D eigenvalue weighted by molar-refractivity contribution is -0.165. The van der Waals surface area contributed by atoms with Gasteiger partial charge in [0.2, 0.25) is 0 Å². The van der Waals surface area contributed by atoms with Gasteiger partial charge in [0.1, 0.15) is 11.3 Å². The van der Waals surface area contributed by atoms with Crippen LogP contribution in [0.4, 0.5) is 13.2 Å². The van der Waals surface area contributed by atoms with Crippen molar-refractivity contribution in [3.05, 3.63) is 41.5 Å². The number of halogens is 3. The van der Waals surface area contributed by atoms with Gasteiger partial charge < -0.3 is 14.8 Å². The molecule has 0 bridgehead atoms. The maximum Gasteiger partial charge on any atom is 0.420 e. The van der Waals surface area contributed by atoms with Crippen molar-refractivity contribution < 1.29 is 27.4 Å². The molecule has 37 heavy (non-hydrogen) atoms. The molecule has 4 nitrogen and oxygen atoms in total. The number of carbonyl (C=O) groups is 1. The van der Waals surface area contributed by atoms with E-state index in [1.54, 1.807) is 18.2 Å². The van der Waals surface area contributed by atoms with Crippen LogP contribution >= 0.6 is 0 Å². The Hall–Kier alpha value is -2.28. The Labute approximate surface area is 217 Å². The molecule has 1 spiro atoms. The fourth-order valence-corrected chi connectivity index (χ4v) is 7.08. The van der Waals surface area contributed by atoms with Crippen molar-refractivity contribution in [2.45, 2.75) is 96.0 Å². The lowest BCUT2D eigenvalue weighted by Gasteiger charge is -2.57. The topological polar surface area (TPSA) is 47.6 Å². The molecule has 2 atom stereocenters. The minimum atomic E-state index is -4.50. The van der Waals surface area contributed by atoms with Gasteiger partial charge in [-0.05, 0) is 84.7 Å². The first kappa shape index (κ1) is 26.3. The Morgan fingerprint density at radius 1 is 1.05 bits per heavy atom. The Morgan fingerprint density at radius 3 is 2.46 bits per heavy atom. The van der Waals surface area contributed by atoms with Crippen LogP contribution in [0.1, 0.15) is 82.3 Å². The van der Waals surface area contributed by atoms with E-state index in [1.807, 2.05) is 6.07 Å². The number of hydrogen-bond donors (Lipinski definition) is 1. The molecule has 0 heterocycles. The molecule has 2 aromatic rings. The average Bonchev–Trinajstić information content (AvgIpc) is 2.88. The smallest absolute Gasteiger partial charge is 0.420 e. The quantitative estimate of drug-likeness (QED) is 0.405. The van der Waals surface area contributed by atoms with Crippen molar-refractivity contribution in [2.24, 2.45) is 17.3 Å². The highest BCUT2D eigenvalue weighted by Crippen LogP contribution is 2.56. The summed E-state index contributed by atoms with van der Waals surface area (Å²) < 4.78 is 53.6. The van der Waals surface area contributed by atoms with Crippen LogP contribution in [0.5, 0.6) is 5.75 Å². The fourth-order valence-electron chi connectivity index (χ4n) is 7.08. The minimum Gasteiger partial charge on any atom is -0.490 e. The second-order valence-corrected chi connectivity index (χ2v) is 11.5. The third kappa shape index (κ3) is 5.21. The molecular formula is C30H38F3NO3. The monoisotopic (exact) mass is 517 g/mol. The first-order valence-corrected chi connectivity index (χ1v) is 13.8. The van der Waals surface area contributed by atoms with Gasteiger partial charge in [0, 0.05) is 12.6 Å². The summed E-state index contributed by atoms with van der Waals surface area (Å²) in [5.74, 6) is 0.357. The second-order valence-electron chi connectivity index (χ2n) is 11.5. The van der Waals surface area contributed by atoms with Crippen molar-refractivity contribution in [1.82, 2.24) is 5.32 Å². The van der Waals surface area contributed by atoms with E-state index >= 15 is 0 Å². The molecule has 0 aliphatic heterocycles. The average molecular weight is 518 g/mol. The third-order valence-electron chi connectivity index (χ3n) is 9.27. The predicted molar refractivity (Wildman–Crippen MR) is 137 cm³/mol. The first-order valence-electron chi connectivity index (χ1n) is 13.8. The summed E-state index contributed by atoms with van der Waals surface area (Å²) in [5.41, 5.74) is 0.196. The van der Waals surface area contributed by atoms with Gasteiger partial charge in [-0.25, -0.2) is 0 Å². The molecule has 5 rings (SSSR count). The number of carbonyl (C=O) groups excluding carboxylic acids is 1. The largest absolute Gasteiger partial charge is 0.490 e. The number of hydrogen-bond acceptors (Lipinski definition) is 4. The number of benzene rings is 2. The van der Waals surface area contributed by atoms with E-state index in [4.69, 9.17) is 9.47 Å². The van der Waals surface area contributed by atoms with E-state index in [0.717, 1.165) is 63.4 Å². The molecule has 0 saturated heterocycles. The zero-order valence-electron chi connectivity index (χ0n) is 21.8. The number of rotatable bonds is 6. The molecule has 3 saturated carbocycles. The van der Waals surface area contributed by atoms with Crippen LogP contribution in [0.3, 0.4) is 0 Å². The maximum absolute atomic E-state index is 14.2. The van der Waals surface area contributed by atoms with Crippen molar-refractivity contribution in [1.29, 1.82) is 0 Å². The highest BCUT2D eigenvalue weighted by molar-refractivity contribution is 5.89. The van der Waals surface area contributed by atoms with Gasteiger partial charge >= 0.3 is 12.1 Å². The van der Waals surface area contributed by atoms with E-state index in [1.165, 1.54) is 19.6 Å². The van der Waals surface area contributed by atoms with Crippen molar-refractivity contribution in [3.8, 4) is 5.75 Å². The third-order valence-corrected chi connectivity index (χ3v) is 9.27. The summed E-state index contributed by atoms with van der Waals surface area (Å²) in [7, 11) is 1.45. The fraction of sp³-hybridized carbons (Fsp3) is 0.633. The van der Waals surface area contributed by atoms with Gasteiger partial charge in [0.15, 0.2) is 0 Å². The summed E-state index contributed by atoms with van der Waals surface area (Å²) in [6.07, 6.45) is 5.09. The first-order chi connectivity index (χ1) is 17.7. The Morgan fingerprint density at radius 2 is 1.78 bits per heavy atom. The van der Waals surface area contributed by atoms with Crippen LogP contribution in [0.25, 0.3) is 10.8 Å². The lowest BCUT2D eigenvalue weighted by Crippen LogP contribution is -2.62. The summed E-state index contributed by atoms with van der Waals surface area (Å²) >= 11 is 0. The van der Waals surface area contributed by atoms with Gasteiger partial charge in [-0.3, -0.25) is 4.79 Å².